The predicted octanol–water partition coefficient (Wildman–Crippen LogP) is 4.07. The molecule has 2 N–H and O–H groups in total. The van der Waals surface area contributed by atoms with Crippen LogP contribution in [0.15, 0.2) is 41.3 Å². The molecule has 6 nitrogen and oxygen atoms in total. The Morgan fingerprint density at radius 1 is 0.880 bits per heavy atom. The van der Waals surface area contributed by atoms with Gasteiger partial charge in [0.25, 0.3) is 10.0 Å². The summed E-state index contributed by atoms with van der Waals surface area (Å²) >= 11 is 5.79. The highest BCUT2D eigenvalue weighted by atomic mass is 35.5. The number of hydrogen-bond acceptors (Lipinski definition) is 5. The zero-order valence-electron chi connectivity index (χ0n) is 13.8. The second-order valence-electron chi connectivity index (χ2n) is 6.20. The molecule has 134 valence electrons. The molecule has 1 saturated carbocycles. The summed E-state index contributed by atoms with van der Waals surface area (Å²) in [4.78, 5) is 0.124. The van der Waals surface area contributed by atoms with Crippen molar-refractivity contribution in [2.75, 3.05) is 10.0 Å². The van der Waals surface area contributed by atoms with E-state index in [1.54, 1.807) is 12.1 Å². The standard InChI is InChI=1S/C17H21ClN4O2S/c18-13-7-9-15(10-8-13)25(23,24)22-17-12-11-16(20-21-17)19-14-5-3-1-2-4-6-14/h7-12,14H,1-6H2,(H,19,20)(H,21,22). The van der Waals surface area contributed by atoms with Crippen LogP contribution in [0.25, 0.3) is 0 Å². The van der Waals surface area contributed by atoms with Gasteiger partial charge in [-0.25, -0.2) is 8.42 Å². The molecular weight excluding hydrogens is 360 g/mol. The molecule has 1 aromatic carbocycles. The minimum absolute atomic E-state index is 0.124. The van der Waals surface area contributed by atoms with Gasteiger partial charge >= 0.3 is 0 Å². The summed E-state index contributed by atoms with van der Waals surface area (Å²) in [5.41, 5.74) is 0. The maximum Gasteiger partial charge on any atom is 0.263 e. The number of nitrogens with zero attached hydrogens (tertiary/aromatic N) is 2. The van der Waals surface area contributed by atoms with Crippen molar-refractivity contribution in [1.82, 2.24) is 10.2 Å². The van der Waals surface area contributed by atoms with Crippen LogP contribution in [-0.4, -0.2) is 24.7 Å². The number of halogens is 1. The lowest BCUT2D eigenvalue weighted by molar-refractivity contribution is 0.601. The molecule has 1 aliphatic rings. The van der Waals surface area contributed by atoms with Crippen LogP contribution in [0.5, 0.6) is 0 Å². The summed E-state index contributed by atoms with van der Waals surface area (Å²) < 4.78 is 27.1. The predicted molar refractivity (Wildman–Crippen MR) is 99.4 cm³/mol. The third-order valence-corrected chi connectivity index (χ3v) is 5.86. The molecule has 0 amide bonds. The van der Waals surface area contributed by atoms with Gasteiger partial charge in [0, 0.05) is 11.1 Å². The van der Waals surface area contributed by atoms with E-state index in [9.17, 15) is 8.42 Å². The van der Waals surface area contributed by atoms with Crippen molar-refractivity contribution in [3.8, 4) is 0 Å². The third kappa shape index (κ3) is 5.06. The molecule has 2 aromatic rings. The van der Waals surface area contributed by atoms with E-state index in [2.05, 4.69) is 20.2 Å². The van der Waals surface area contributed by atoms with Gasteiger partial charge in [-0.2, -0.15) is 0 Å². The molecule has 0 aliphatic heterocycles. The minimum atomic E-state index is -3.71. The maximum absolute atomic E-state index is 12.3. The summed E-state index contributed by atoms with van der Waals surface area (Å²) in [5, 5.41) is 11.9. The molecular formula is C17H21ClN4O2S. The zero-order chi connectivity index (χ0) is 17.7. The van der Waals surface area contributed by atoms with Crippen molar-refractivity contribution in [3.63, 3.8) is 0 Å². The van der Waals surface area contributed by atoms with Gasteiger partial charge in [-0.3, -0.25) is 4.72 Å². The molecule has 0 saturated heterocycles. The summed E-state index contributed by atoms with van der Waals surface area (Å²) in [6.07, 6.45) is 7.29. The molecule has 1 fully saturated rings. The monoisotopic (exact) mass is 380 g/mol. The van der Waals surface area contributed by atoms with E-state index in [1.165, 1.54) is 49.9 Å². The molecule has 25 heavy (non-hydrogen) atoms. The zero-order valence-corrected chi connectivity index (χ0v) is 15.4. The smallest absolute Gasteiger partial charge is 0.263 e. The molecule has 0 unspecified atom stereocenters. The van der Waals surface area contributed by atoms with Crippen molar-refractivity contribution in [2.45, 2.75) is 49.5 Å². The first-order valence-corrected chi connectivity index (χ1v) is 10.3. The highest BCUT2D eigenvalue weighted by molar-refractivity contribution is 7.92. The summed E-state index contributed by atoms with van der Waals surface area (Å²) in [6, 6.07) is 9.72. The van der Waals surface area contributed by atoms with Gasteiger partial charge in [0.15, 0.2) is 5.82 Å². The molecule has 0 radical (unpaired) electrons. The number of rotatable bonds is 5. The molecule has 1 heterocycles. The van der Waals surface area contributed by atoms with Gasteiger partial charge in [-0.05, 0) is 49.2 Å². The van der Waals surface area contributed by atoms with Gasteiger partial charge < -0.3 is 5.32 Å². The fourth-order valence-electron chi connectivity index (χ4n) is 2.91. The summed E-state index contributed by atoms with van der Waals surface area (Å²) in [5.74, 6) is 0.850. The number of hydrogen-bond donors (Lipinski definition) is 2. The molecule has 0 bridgehead atoms. The Morgan fingerprint density at radius 2 is 1.48 bits per heavy atom. The quantitative estimate of drug-likeness (QED) is 0.764. The second kappa shape index (κ2) is 8.01. The average Bonchev–Trinajstić information content (AvgIpc) is 2.85. The fourth-order valence-corrected chi connectivity index (χ4v) is 4.03. The first-order chi connectivity index (χ1) is 12.0. The van der Waals surface area contributed by atoms with Gasteiger partial charge in [-0.15, -0.1) is 10.2 Å². The van der Waals surface area contributed by atoms with Gasteiger partial charge in [-0.1, -0.05) is 37.3 Å². The molecule has 1 aromatic heterocycles. The molecule has 0 spiro atoms. The van der Waals surface area contributed by atoms with Crippen molar-refractivity contribution in [3.05, 3.63) is 41.4 Å². The largest absolute Gasteiger partial charge is 0.366 e. The van der Waals surface area contributed by atoms with E-state index in [0.29, 0.717) is 16.9 Å². The van der Waals surface area contributed by atoms with Gasteiger partial charge in [0.2, 0.25) is 0 Å². The van der Waals surface area contributed by atoms with Gasteiger partial charge in [0.05, 0.1) is 4.90 Å². The molecule has 1 aliphatic carbocycles. The van der Waals surface area contributed by atoms with Crippen LogP contribution >= 0.6 is 11.6 Å². The molecule has 3 rings (SSSR count). The summed E-state index contributed by atoms with van der Waals surface area (Å²) in [6.45, 7) is 0. The van der Waals surface area contributed by atoms with Crippen LogP contribution in [0.2, 0.25) is 5.02 Å². The first kappa shape index (κ1) is 17.9. The number of benzene rings is 1. The van der Waals surface area contributed by atoms with Crippen LogP contribution in [0.3, 0.4) is 0 Å². The normalized spacial score (nSPS) is 16.2. The van der Waals surface area contributed by atoms with Crippen LogP contribution in [-0.2, 0) is 10.0 Å². The van der Waals surface area contributed by atoms with Crippen molar-refractivity contribution in [1.29, 1.82) is 0 Å². The topological polar surface area (TPSA) is 84.0 Å². The number of nitrogens with one attached hydrogen (secondary N) is 2. The number of sulfonamides is 1. The Labute approximate surface area is 153 Å². The molecule has 8 heteroatoms. The molecule has 0 atom stereocenters. The van der Waals surface area contributed by atoms with Crippen molar-refractivity contribution in [2.24, 2.45) is 0 Å². The summed E-state index contributed by atoms with van der Waals surface area (Å²) in [7, 11) is -3.71. The SMILES string of the molecule is O=S(=O)(Nc1ccc(NC2CCCCCC2)nn1)c1ccc(Cl)cc1. The maximum atomic E-state index is 12.3. The first-order valence-electron chi connectivity index (χ1n) is 8.41. The highest BCUT2D eigenvalue weighted by Crippen LogP contribution is 2.21. The van der Waals surface area contributed by atoms with Crippen LogP contribution < -0.4 is 10.0 Å². The Balaban J connectivity index is 1.64. The van der Waals surface area contributed by atoms with Crippen molar-refractivity contribution >= 4 is 33.3 Å². The average molecular weight is 381 g/mol. The Hall–Kier alpha value is -1.86. The van der Waals surface area contributed by atoms with E-state index in [4.69, 9.17) is 11.6 Å². The number of aromatic nitrogens is 2. The van der Waals surface area contributed by atoms with Gasteiger partial charge in [0.1, 0.15) is 5.82 Å². The Kier molecular flexibility index (Phi) is 5.75. The Bertz CT molecular complexity index is 786. The lowest BCUT2D eigenvalue weighted by Crippen LogP contribution is -2.19. The lowest BCUT2D eigenvalue weighted by Gasteiger charge is -2.16. The Morgan fingerprint density at radius 3 is 2.08 bits per heavy atom. The van der Waals surface area contributed by atoms with E-state index in [0.717, 1.165) is 12.8 Å². The van der Waals surface area contributed by atoms with Crippen molar-refractivity contribution < 1.29 is 8.42 Å². The van der Waals surface area contributed by atoms with Crippen LogP contribution in [0.4, 0.5) is 11.6 Å². The van der Waals surface area contributed by atoms with E-state index in [1.807, 2.05) is 0 Å². The van der Waals surface area contributed by atoms with Crippen LogP contribution in [0, 0.1) is 0 Å². The second-order valence-corrected chi connectivity index (χ2v) is 8.31. The van der Waals surface area contributed by atoms with Crippen LogP contribution in [0.1, 0.15) is 38.5 Å². The fraction of sp³-hybridized carbons (Fsp3) is 0.412. The highest BCUT2D eigenvalue weighted by Gasteiger charge is 2.16. The minimum Gasteiger partial charge on any atom is -0.366 e. The van der Waals surface area contributed by atoms with E-state index < -0.39 is 10.0 Å². The van der Waals surface area contributed by atoms with E-state index in [-0.39, 0.29) is 10.7 Å². The number of anilines is 2. The third-order valence-electron chi connectivity index (χ3n) is 4.23. The van der Waals surface area contributed by atoms with E-state index >= 15 is 0 Å². The lowest BCUT2D eigenvalue weighted by atomic mass is 10.1.